The number of nitrogens with zero attached hydrogens (tertiary/aromatic N) is 3. The van der Waals surface area contributed by atoms with Crippen LogP contribution in [0.4, 0.5) is 0 Å². The quantitative estimate of drug-likeness (QED) is 0.300. The molecule has 0 spiro atoms. The summed E-state index contributed by atoms with van der Waals surface area (Å²) in [6, 6.07) is 13.2. The van der Waals surface area contributed by atoms with Gasteiger partial charge in [-0.25, -0.2) is 0 Å². The summed E-state index contributed by atoms with van der Waals surface area (Å²) in [5.74, 6) is 1.14. The van der Waals surface area contributed by atoms with Gasteiger partial charge in [0.15, 0.2) is 16.7 Å². The molecule has 0 radical (unpaired) electrons. The molecule has 0 saturated carbocycles. The predicted octanol–water partition coefficient (Wildman–Crippen LogP) is 3.41. The number of benzene rings is 1. The van der Waals surface area contributed by atoms with Crippen LogP contribution in [0.2, 0.25) is 0 Å². The average Bonchev–Trinajstić information content (AvgIpc) is 3.35. The molecule has 3 rings (SSSR count). The minimum absolute atomic E-state index is 0.160. The molecule has 8 heteroatoms. The Balaban J connectivity index is 1.60. The highest BCUT2D eigenvalue weighted by Gasteiger charge is 2.17. The number of methoxy groups -OCH3 is 1. The molecule has 0 saturated heterocycles. The predicted molar refractivity (Wildman–Crippen MR) is 101 cm³/mol. The Morgan fingerprint density at radius 1 is 1.19 bits per heavy atom. The second-order valence-electron chi connectivity index (χ2n) is 5.72. The van der Waals surface area contributed by atoms with Gasteiger partial charge in [0.05, 0.1) is 12.0 Å². The van der Waals surface area contributed by atoms with E-state index in [9.17, 15) is 4.79 Å². The van der Waals surface area contributed by atoms with Gasteiger partial charge in [-0.15, -0.1) is 10.2 Å². The zero-order valence-corrected chi connectivity index (χ0v) is 15.9. The minimum Gasteiger partial charge on any atom is -0.461 e. The van der Waals surface area contributed by atoms with Gasteiger partial charge in [-0.3, -0.25) is 9.36 Å². The van der Waals surface area contributed by atoms with Crippen LogP contribution in [0.25, 0.3) is 11.6 Å². The Hall–Kier alpha value is -2.58. The maximum Gasteiger partial charge on any atom is 0.316 e. The van der Waals surface area contributed by atoms with E-state index in [1.807, 2.05) is 41.0 Å². The maximum atomic E-state index is 12.1. The lowest BCUT2D eigenvalue weighted by Gasteiger charge is -2.09. The molecule has 27 heavy (non-hydrogen) atoms. The molecule has 0 fully saturated rings. The first-order chi connectivity index (χ1) is 13.3. The summed E-state index contributed by atoms with van der Waals surface area (Å²) >= 11 is 1.30. The van der Waals surface area contributed by atoms with E-state index in [1.54, 1.807) is 19.4 Å². The minimum atomic E-state index is -0.296. The summed E-state index contributed by atoms with van der Waals surface area (Å²) in [6.45, 7) is 1.55. The number of furan rings is 1. The Labute approximate surface area is 161 Å². The largest absolute Gasteiger partial charge is 0.461 e. The molecular weight excluding hydrogens is 366 g/mol. The molecule has 0 amide bonds. The molecule has 3 aromatic rings. The summed E-state index contributed by atoms with van der Waals surface area (Å²) in [4.78, 5) is 12.1. The summed E-state index contributed by atoms with van der Waals surface area (Å²) in [5.41, 5.74) is 0.957. The second-order valence-corrected chi connectivity index (χ2v) is 6.66. The summed E-state index contributed by atoms with van der Waals surface area (Å²) < 4.78 is 17.8. The molecule has 0 N–H and O–H groups in total. The van der Waals surface area contributed by atoms with Crippen molar-refractivity contribution in [3.8, 4) is 11.6 Å². The second kappa shape index (κ2) is 9.94. The lowest BCUT2D eigenvalue weighted by atomic mass is 10.2. The summed E-state index contributed by atoms with van der Waals surface area (Å²) in [6.07, 6.45) is 2.39. The first-order valence-electron chi connectivity index (χ1n) is 8.56. The summed E-state index contributed by atoms with van der Waals surface area (Å²) in [5, 5.41) is 9.07. The number of ether oxygens (including phenoxy) is 2. The van der Waals surface area contributed by atoms with Crippen LogP contribution >= 0.6 is 11.8 Å². The van der Waals surface area contributed by atoms with Gasteiger partial charge in [0, 0.05) is 20.3 Å². The molecule has 142 valence electrons. The lowest BCUT2D eigenvalue weighted by Crippen LogP contribution is -2.09. The Morgan fingerprint density at radius 2 is 2.04 bits per heavy atom. The highest BCUT2D eigenvalue weighted by atomic mass is 32.2. The lowest BCUT2D eigenvalue weighted by molar-refractivity contribution is -0.141. The van der Waals surface area contributed by atoms with Crippen molar-refractivity contribution < 1.29 is 18.7 Å². The van der Waals surface area contributed by atoms with Crippen LogP contribution in [-0.4, -0.2) is 40.2 Å². The van der Waals surface area contributed by atoms with Crippen molar-refractivity contribution in [1.29, 1.82) is 0 Å². The molecular formula is C19H21N3O4S. The van der Waals surface area contributed by atoms with Crippen LogP contribution in [0, 0.1) is 0 Å². The maximum absolute atomic E-state index is 12.1. The van der Waals surface area contributed by atoms with Crippen LogP contribution in [0.5, 0.6) is 0 Å². The molecule has 2 heterocycles. The Bertz CT molecular complexity index is 834. The number of hydrogen-bond donors (Lipinski definition) is 0. The average molecular weight is 387 g/mol. The number of hydrogen-bond acceptors (Lipinski definition) is 7. The third-order valence-electron chi connectivity index (χ3n) is 3.75. The standard InChI is InChI=1S/C19H21N3O4S/c1-24-11-6-10-22-18(16-9-5-12-25-16)20-21-19(22)27-14-17(23)26-13-15-7-3-2-4-8-15/h2-5,7-9,12H,6,10-11,13-14H2,1H3. The normalized spacial score (nSPS) is 10.9. The number of rotatable bonds is 10. The highest BCUT2D eigenvalue weighted by Crippen LogP contribution is 2.25. The van der Waals surface area contributed by atoms with Crippen LogP contribution < -0.4 is 0 Å². The number of esters is 1. The van der Waals surface area contributed by atoms with Crippen molar-refractivity contribution in [2.24, 2.45) is 0 Å². The van der Waals surface area contributed by atoms with Crippen LogP contribution in [0.15, 0.2) is 58.3 Å². The number of carbonyl (C=O) groups is 1. The topological polar surface area (TPSA) is 79.4 Å². The van der Waals surface area contributed by atoms with Crippen molar-refractivity contribution in [1.82, 2.24) is 14.8 Å². The van der Waals surface area contributed by atoms with E-state index in [0.717, 1.165) is 12.0 Å². The van der Waals surface area contributed by atoms with E-state index < -0.39 is 0 Å². The fourth-order valence-corrected chi connectivity index (χ4v) is 3.22. The van der Waals surface area contributed by atoms with Gasteiger partial charge in [0.2, 0.25) is 0 Å². The first-order valence-corrected chi connectivity index (χ1v) is 9.55. The Morgan fingerprint density at radius 3 is 2.78 bits per heavy atom. The zero-order chi connectivity index (χ0) is 18.9. The van der Waals surface area contributed by atoms with Crippen LogP contribution in [0.1, 0.15) is 12.0 Å². The third-order valence-corrected chi connectivity index (χ3v) is 4.69. The molecule has 2 aromatic heterocycles. The van der Waals surface area contributed by atoms with Crippen LogP contribution in [0.3, 0.4) is 0 Å². The zero-order valence-electron chi connectivity index (χ0n) is 15.0. The van der Waals surface area contributed by atoms with Crippen molar-refractivity contribution in [3.63, 3.8) is 0 Å². The first kappa shape index (κ1) is 19.2. The number of aromatic nitrogens is 3. The third kappa shape index (κ3) is 5.45. The molecule has 0 aliphatic carbocycles. The highest BCUT2D eigenvalue weighted by molar-refractivity contribution is 7.99. The molecule has 0 atom stereocenters. The molecule has 7 nitrogen and oxygen atoms in total. The van der Waals surface area contributed by atoms with E-state index in [1.165, 1.54) is 11.8 Å². The van der Waals surface area contributed by atoms with E-state index >= 15 is 0 Å². The number of carbonyl (C=O) groups excluding carboxylic acids is 1. The van der Waals surface area contributed by atoms with Gasteiger partial charge in [0.1, 0.15) is 6.61 Å². The summed E-state index contributed by atoms with van der Waals surface area (Å²) in [7, 11) is 1.66. The fraction of sp³-hybridized carbons (Fsp3) is 0.316. The van der Waals surface area contributed by atoms with Crippen molar-refractivity contribution in [2.45, 2.75) is 24.7 Å². The molecule has 0 bridgehead atoms. The van der Waals surface area contributed by atoms with Crippen molar-refractivity contribution in [3.05, 3.63) is 54.3 Å². The molecule has 0 aliphatic rings. The fourth-order valence-electron chi connectivity index (χ4n) is 2.46. The van der Waals surface area contributed by atoms with Crippen LogP contribution in [-0.2, 0) is 27.4 Å². The Kier molecular flexibility index (Phi) is 7.06. The monoisotopic (exact) mass is 387 g/mol. The number of thioether (sulfide) groups is 1. The molecule has 0 unspecified atom stereocenters. The van der Waals surface area contributed by atoms with E-state index in [0.29, 0.717) is 29.9 Å². The van der Waals surface area contributed by atoms with E-state index in [4.69, 9.17) is 13.9 Å². The molecule has 0 aliphatic heterocycles. The van der Waals surface area contributed by atoms with Crippen molar-refractivity contribution >= 4 is 17.7 Å². The SMILES string of the molecule is COCCCn1c(SCC(=O)OCc2ccccc2)nnc1-c1ccco1. The van der Waals surface area contributed by atoms with Crippen molar-refractivity contribution in [2.75, 3.05) is 19.5 Å². The van der Waals surface area contributed by atoms with Gasteiger partial charge in [-0.1, -0.05) is 42.1 Å². The van der Waals surface area contributed by atoms with Gasteiger partial charge < -0.3 is 13.9 Å². The van der Waals surface area contributed by atoms with Gasteiger partial charge in [0.25, 0.3) is 0 Å². The van der Waals surface area contributed by atoms with Gasteiger partial charge >= 0.3 is 5.97 Å². The van der Waals surface area contributed by atoms with E-state index in [-0.39, 0.29) is 18.3 Å². The van der Waals surface area contributed by atoms with E-state index in [2.05, 4.69) is 10.2 Å². The van der Waals surface area contributed by atoms with Gasteiger partial charge in [-0.2, -0.15) is 0 Å². The van der Waals surface area contributed by atoms with Gasteiger partial charge in [-0.05, 0) is 24.1 Å². The molecule has 1 aromatic carbocycles. The smallest absolute Gasteiger partial charge is 0.316 e.